The molecule has 0 amide bonds. The quantitative estimate of drug-likeness (QED) is 0.536. The number of rotatable bonds is 3. The fraction of sp³-hybridized carbons (Fsp3) is 0. The minimum atomic E-state index is -1.11. The van der Waals surface area contributed by atoms with Gasteiger partial charge >= 0.3 is 5.97 Å². The summed E-state index contributed by atoms with van der Waals surface area (Å²) in [5.41, 5.74) is 3.40. The van der Waals surface area contributed by atoms with Crippen LogP contribution in [0.5, 0.6) is 0 Å². The third-order valence-electron chi connectivity index (χ3n) is 3.91. The maximum atomic E-state index is 11.3. The maximum Gasteiger partial charge on any atom is 0.356 e. The van der Waals surface area contributed by atoms with Crippen molar-refractivity contribution in [3.05, 3.63) is 76.4 Å². The lowest BCUT2D eigenvalue weighted by Crippen LogP contribution is -2.01. The largest absolute Gasteiger partial charge is 0.476 e. The second-order valence-corrected chi connectivity index (χ2v) is 6.52. The van der Waals surface area contributed by atoms with Crippen molar-refractivity contribution in [1.82, 2.24) is 14.6 Å². The van der Waals surface area contributed by atoms with E-state index >= 15 is 0 Å². The lowest BCUT2D eigenvalue weighted by Gasteiger charge is -2.09. The summed E-state index contributed by atoms with van der Waals surface area (Å²) in [5, 5.41) is 14.6. The van der Waals surface area contributed by atoms with Crippen LogP contribution in [0.25, 0.3) is 28.2 Å². The zero-order chi connectivity index (χ0) is 18.3. The van der Waals surface area contributed by atoms with Crippen molar-refractivity contribution in [3.63, 3.8) is 0 Å². The lowest BCUT2D eigenvalue weighted by atomic mass is 10.1. The molecule has 7 heteroatoms. The van der Waals surface area contributed by atoms with E-state index in [1.807, 2.05) is 30.3 Å². The van der Waals surface area contributed by atoms with Gasteiger partial charge in [-0.05, 0) is 30.3 Å². The highest BCUT2D eigenvalue weighted by Crippen LogP contribution is 2.28. The summed E-state index contributed by atoms with van der Waals surface area (Å²) in [6.07, 6.45) is 0. The van der Waals surface area contributed by atoms with Crippen molar-refractivity contribution in [1.29, 1.82) is 0 Å². The number of hydrogen-bond acceptors (Lipinski definition) is 3. The Hall–Kier alpha value is -2.89. The summed E-state index contributed by atoms with van der Waals surface area (Å²) < 4.78 is 1.51. The summed E-state index contributed by atoms with van der Waals surface area (Å²) >= 11 is 12.1. The first-order valence-electron chi connectivity index (χ1n) is 7.67. The molecule has 2 aromatic carbocycles. The summed E-state index contributed by atoms with van der Waals surface area (Å²) in [4.78, 5) is 15.9. The van der Waals surface area contributed by atoms with E-state index in [-0.39, 0.29) is 5.69 Å². The molecule has 4 rings (SSSR count). The predicted octanol–water partition coefficient (Wildman–Crippen LogP) is 5.07. The molecule has 2 aromatic heterocycles. The van der Waals surface area contributed by atoms with Crippen molar-refractivity contribution in [2.45, 2.75) is 0 Å². The molecule has 26 heavy (non-hydrogen) atoms. The Labute approximate surface area is 158 Å². The molecule has 0 saturated heterocycles. The van der Waals surface area contributed by atoms with Gasteiger partial charge in [0.25, 0.3) is 0 Å². The van der Waals surface area contributed by atoms with E-state index in [1.165, 1.54) is 10.6 Å². The predicted molar refractivity (Wildman–Crippen MR) is 101 cm³/mol. The standard InChI is InChI=1S/C19H11Cl2N3O2/c20-13-6-4-11(5-7-13)15-9-17(12-2-1-3-14(21)8-12)24-18(22-15)10-16(23-24)19(25)26/h1-10H,(H,25,26). The lowest BCUT2D eigenvalue weighted by molar-refractivity contribution is 0.0690. The number of benzene rings is 2. The van der Waals surface area contributed by atoms with Crippen LogP contribution in [0.2, 0.25) is 10.0 Å². The Morgan fingerprint density at radius 3 is 2.38 bits per heavy atom. The van der Waals surface area contributed by atoms with Crippen LogP contribution in [-0.2, 0) is 0 Å². The van der Waals surface area contributed by atoms with Crippen LogP contribution in [0, 0.1) is 0 Å². The number of carboxylic acid groups (broad SMARTS) is 1. The first-order chi connectivity index (χ1) is 12.5. The molecule has 1 N–H and O–H groups in total. The smallest absolute Gasteiger partial charge is 0.356 e. The normalized spacial score (nSPS) is 11.0. The van der Waals surface area contributed by atoms with Crippen molar-refractivity contribution in [3.8, 4) is 22.5 Å². The molecule has 0 atom stereocenters. The Morgan fingerprint density at radius 1 is 0.923 bits per heavy atom. The molecule has 0 aliphatic carbocycles. The molecule has 0 radical (unpaired) electrons. The van der Waals surface area contributed by atoms with Crippen molar-refractivity contribution in [2.75, 3.05) is 0 Å². The van der Waals surface area contributed by atoms with E-state index in [1.54, 1.807) is 24.3 Å². The van der Waals surface area contributed by atoms with Crippen LogP contribution >= 0.6 is 23.2 Å². The first kappa shape index (κ1) is 16.6. The van der Waals surface area contributed by atoms with E-state index < -0.39 is 5.97 Å². The Balaban J connectivity index is 2.00. The Bertz CT molecular complexity index is 1140. The van der Waals surface area contributed by atoms with E-state index in [0.717, 1.165) is 11.1 Å². The third kappa shape index (κ3) is 3.03. The van der Waals surface area contributed by atoms with E-state index in [4.69, 9.17) is 23.2 Å². The average molecular weight is 384 g/mol. The van der Waals surface area contributed by atoms with Gasteiger partial charge in [0, 0.05) is 27.2 Å². The highest BCUT2D eigenvalue weighted by Gasteiger charge is 2.15. The van der Waals surface area contributed by atoms with Crippen LogP contribution in [-0.4, -0.2) is 25.7 Å². The van der Waals surface area contributed by atoms with Gasteiger partial charge in [-0.2, -0.15) is 5.10 Å². The van der Waals surface area contributed by atoms with Crippen LogP contribution in [0.1, 0.15) is 10.5 Å². The molecular formula is C19H11Cl2N3O2. The fourth-order valence-corrected chi connectivity index (χ4v) is 3.02. The number of aromatic carboxylic acids is 1. The topological polar surface area (TPSA) is 67.5 Å². The maximum absolute atomic E-state index is 11.3. The van der Waals surface area contributed by atoms with Gasteiger partial charge in [-0.15, -0.1) is 0 Å². The molecule has 5 nitrogen and oxygen atoms in total. The molecule has 0 fully saturated rings. The van der Waals surface area contributed by atoms with E-state index in [0.29, 0.717) is 27.1 Å². The van der Waals surface area contributed by atoms with Crippen LogP contribution in [0.15, 0.2) is 60.7 Å². The summed E-state index contributed by atoms with van der Waals surface area (Å²) in [7, 11) is 0. The van der Waals surface area contributed by atoms with Gasteiger partial charge in [-0.3, -0.25) is 0 Å². The molecule has 0 spiro atoms. The minimum Gasteiger partial charge on any atom is -0.476 e. The monoisotopic (exact) mass is 383 g/mol. The van der Waals surface area contributed by atoms with Gasteiger partial charge < -0.3 is 5.11 Å². The number of halogens is 2. The van der Waals surface area contributed by atoms with Crippen LogP contribution in [0.4, 0.5) is 0 Å². The SMILES string of the molecule is O=C(O)c1cc2nc(-c3ccc(Cl)cc3)cc(-c3cccc(Cl)c3)n2n1. The Morgan fingerprint density at radius 2 is 1.69 bits per heavy atom. The van der Waals surface area contributed by atoms with Crippen LogP contribution < -0.4 is 0 Å². The minimum absolute atomic E-state index is 0.0750. The third-order valence-corrected chi connectivity index (χ3v) is 4.39. The van der Waals surface area contributed by atoms with Gasteiger partial charge in [0.2, 0.25) is 0 Å². The van der Waals surface area contributed by atoms with Gasteiger partial charge in [-0.1, -0.05) is 47.5 Å². The molecule has 0 aliphatic rings. The number of carbonyl (C=O) groups is 1. The molecule has 0 bridgehead atoms. The summed E-state index contributed by atoms with van der Waals surface area (Å²) in [6, 6.07) is 17.8. The summed E-state index contributed by atoms with van der Waals surface area (Å²) in [5.74, 6) is -1.11. The zero-order valence-electron chi connectivity index (χ0n) is 13.2. The first-order valence-corrected chi connectivity index (χ1v) is 8.43. The highest BCUT2D eigenvalue weighted by molar-refractivity contribution is 6.31. The number of carboxylic acids is 1. The van der Waals surface area contributed by atoms with Gasteiger partial charge in [0.15, 0.2) is 11.3 Å². The van der Waals surface area contributed by atoms with Gasteiger partial charge in [-0.25, -0.2) is 14.3 Å². The number of aromatic nitrogens is 3. The van der Waals surface area contributed by atoms with Crippen LogP contribution in [0.3, 0.4) is 0 Å². The molecule has 0 saturated carbocycles. The average Bonchev–Trinajstić information content (AvgIpc) is 3.06. The molecule has 0 unspecified atom stereocenters. The van der Waals surface area contributed by atoms with E-state index in [9.17, 15) is 9.90 Å². The van der Waals surface area contributed by atoms with E-state index in [2.05, 4.69) is 10.1 Å². The zero-order valence-corrected chi connectivity index (χ0v) is 14.7. The second-order valence-electron chi connectivity index (χ2n) is 5.65. The molecule has 2 heterocycles. The molecule has 4 aromatic rings. The summed E-state index contributed by atoms with van der Waals surface area (Å²) in [6.45, 7) is 0. The molecular weight excluding hydrogens is 373 g/mol. The molecule has 128 valence electrons. The number of nitrogens with zero attached hydrogens (tertiary/aromatic N) is 3. The highest BCUT2D eigenvalue weighted by atomic mass is 35.5. The van der Waals surface area contributed by atoms with Crippen molar-refractivity contribution in [2.24, 2.45) is 0 Å². The fourth-order valence-electron chi connectivity index (χ4n) is 2.70. The second kappa shape index (κ2) is 6.44. The van der Waals surface area contributed by atoms with Gasteiger partial charge in [0.1, 0.15) is 0 Å². The van der Waals surface area contributed by atoms with Gasteiger partial charge in [0.05, 0.1) is 11.4 Å². The number of hydrogen-bond donors (Lipinski definition) is 1. The Kier molecular flexibility index (Phi) is 4.11. The van der Waals surface area contributed by atoms with Crippen molar-refractivity contribution >= 4 is 34.8 Å². The van der Waals surface area contributed by atoms with Crippen molar-refractivity contribution < 1.29 is 9.90 Å². The molecule has 0 aliphatic heterocycles. The number of fused-ring (bicyclic) bond motifs is 1.